The van der Waals surface area contributed by atoms with Crippen LogP contribution in [0.3, 0.4) is 0 Å². The minimum atomic E-state index is -0.211. The first kappa shape index (κ1) is 14.6. The van der Waals surface area contributed by atoms with Crippen molar-refractivity contribution in [3.8, 4) is 5.69 Å². The van der Waals surface area contributed by atoms with E-state index in [1.807, 2.05) is 39.8 Å². The Hall–Kier alpha value is -1.81. The van der Waals surface area contributed by atoms with Crippen molar-refractivity contribution in [3.05, 3.63) is 50.9 Å². The van der Waals surface area contributed by atoms with E-state index in [9.17, 15) is 4.79 Å². The van der Waals surface area contributed by atoms with Crippen molar-refractivity contribution in [3.63, 3.8) is 0 Å². The van der Waals surface area contributed by atoms with Gasteiger partial charge in [-0.1, -0.05) is 17.7 Å². The highest BCUT2D eigenvalue weighted by Crippen LogP contribution is 2.14. The van der Waals surface area contributed by atoms with Gasteiger partial charge in [0.25, 0.3) is 5.56 Å². The van der Waals surface area contributed by atoms with E-state index in [4.69, 9.17) is 11.6 Å². The van der Waals surface area contributed by atoms with E-state index in [2.05, 4.69) is 10.1 Å². The zero-order chi connectivity index (χ0) is 14.9. The SMILES string of the molecule is Cc1[nH]n(-c2cccc(Cl)c2)c(=O)c1C=NC(C)(C)C. The summed E-state index contributed by atoms with van der Waals surface area (Å²) in [5.74, 6) is 0. The molecule has 0 radical (unpaired) electrons. The highest BCUT2D eigenvalue weighted by molar-refractivity contribution is 6.30. The molecular formula is C15H18ClN3O. The number of hydrogen-bond acceptors (Lipinski definition) is 2. The molecule has 0 spiro atoms. The van der Waals surface area contributed by atoms with E-state index in [-0.39, 0.29) is 11.1 Å². The van der Waals surface area contributed by atoms with Crippen LogP contribution in [0, 0.1) is 6.92 Å². The quantitative estimate of drug-likeness (QED) is 0.848. The molecule has 2 aromatic rings. The monoisotopic (exact) mass is 291 g/mol. The first-order chi connectivity index (χ1) is 9.28. The van der Waals surface area contributed by atoms with Crippen LogP contribution < -0.4 is 5.56 Å². The topological polar surface area (TPSA) is 50.1 Å². The third-order valence-corrected chi connectivity index (χ3v) is 3.00. The van der Waals surface area contributed by atoms with Gasteiger partial charge in [0.05, 0.1) is 16.8 Å². The fourth-order valence-electron chi connectivity index (χ4n) is 1.77. The molecule has 1 aromatic carbocycles. The summed E-state index contributed by atoms with van der Waals surface area (Å²) in [5.41, 5.74) is 1.72. The second-order valence-electron chi connectivity index (χ2n) is 5.70. The van der Waals surface area contributed by atoms with Crippen molar-refractivity contribution in [2.45, 2.75) is 33.2 Å². The average molecular weight is 292 g/mol. The standard InChI is InChI=1S/C15H18ClN3O/c1-10-13(9-17-15(2,3)4)14(20)19(18-10)12-7-5-6-11(16)8-12/h5-9,18H,1-4H3. The summed E-state index contributed by atoms with van der Waals surface area (Å²) in [6.45, 7) is 7.81. The average Bonchev–Trinajstić information content (AvgIpc) is 2.61. The second kappa shape index (κ2) is 5.29. The predicted molar refractivity (Wildman–Crippen MR) is 83.5 cm³/mol. The molecule has 2 rings (SSSR count). The lowest BCUT2D eigenvalue weighted by molar-refractivity contribution is 0.586. The van der Waals surface area contributed by atoms with E-state index in [0.29, 0.717) is 16.3 Å². The number of aliphatic imine (C=N–C) groups is 1. The summed E-state index contributed by atoms with van der Waals surface area (Å²) in [5, 5.41) is 3.64. The Kier molecular flexibility index (Phi) is 3.86. The maximum atomic E-state index is 12.4. The Labute approximate surface area is 123 Å². The van der Waals surface area contributed by atoms with Gasteiger partial charge in [-0.3, -0.25) is 14.9 Å². The summed E-state index contributed by atoms with van der Waals surface area (Å²) in [6, 6.07) is 7.15. The number of benzene rings is 1. The largest absolute Gasteiger partial charge is 0.295 e. The molecule has 0 aliphatic heterocycles. The lowest BCUT2D eigenvalue weighted by atomic mass is 10.1. The maximum absolute atomic E-state index is 12.4. The van der Waals surface area contributed by atoms with Crippen LogP contribution in [0.1, 0.15) is 32.0 Å². The van der Waals surface area contributed by atoms with Gasteiger partial charge in [0, 0.05) is 16.9 Å². The van der Waals surface area contributed by atoms with Gasteiger partial charge in [-0.25, -0.2) is 4.68 Å². The van der Waals surface area contributed by atoms with Crippen LogP contribution in [0.4, 0.5) is 0 Å². The fraction of sp³-hybridized carbons (Fsp3) is 0.333. The van der Waals surface area contributed by atoms with E-state index in [0.717, 1.165) is 5.69 Å². The predicted octanol–water partition coefficient (Wildman–Crippen LogP) is 3.34. The van der Waals surface area contributed by atoms with Crippen LogP contribution in [-0.4, -0.2) is 21.5 Å². The van der Waals surface area contributed by atoms with Crippen molar-refractivity contribution >= 4 is 17.8 Å². The van der Waals surface area contributed by atoms with Gasteiger partial charge >= 0.3 is 0 Å². The minimum Gasteiger partial charge on any atom is -0.295 e. The van der Waals surface area contributed by atoms with E-state index < -0.39 is 0 Å². The molecule has 0 unspecified atom stereocenters. The van der Waals surface area contributed by atoms with Crippen LogP contribution in [0.15, 0.2) is 34.1 Å². The number of aromatic amines is 1. The number of nitrogens with zero attached hydrogens (tertiary/aromatic N) is 2. The first-order valence-electron chi connectivity index (χ1n) is 6.41. The molecule has 0 amide bonds. The van der Waals surface area contributed by atoms with Crippen LogP contribution in [-0.2, 0) is 0 Å². The van der Waals surface area contributed by atoms with Crippen molar-refractivity contribution in [1.29, 1.82) is 0 Å². The number of aryl methyl sites for hydroxylation is 1. The summed E-state index contributed by atoms with van der Waals surface area (Å²) >= 11 is 5.96. The van der Waals surface area contributed by atoms with Gasteiger partial charge in [0.2, 0.25) is 0 Å². The Balaban J connectivity index is 2.50. The summed E-state index contributed by atoms with van der Waals surface area (Å²) in [4.78, 5) is 16.8. The van der Waals surface area contributed by atoms with Gasteiger partial charge in [-0.15, -0.1) is 0 Å². The third-order valence-electron chi connectivity index (χ3n) is 2.76. The molecule has 5 heteroatoms. The Morgan fingerprint density at radius 2 is 2.05 bits per heavy atom. The summed E-state index contributed by atoms with van der Waals surface area (Å²) in [7, 11) is 0. The molecule has 1 aromatic heterocycles. The van der Waals surface area contributed by atoms with Crippen LogP contribution >= 0.6 is 11.6 Å². The van der Waals surface area contributed by atoms with Crippen molar-refractivity contribution in [2.75, 3.05) is 0 Å². The summed E-state index contributed by atoms with van der Waals surface area (Å²) in [6.07, 6.45) is 1.63. The van der Waals surface area contributed by atoms with Crippen molar-refractivity contribution in [1.82, 2.24) is 9.78 Å². The minimum absolute atomic E-state index is 0.127. The number of nitrogens with one attached hydrogen (secondary N) is 1. The highest BCUT2D eigenvalue weighted by atomic mass is 35.5. The molecular weight excluding hydrogens is 274 g/mol. The number of aromatic nitrogens is 2. The van der Waals surface area contributed by atoms with Gasteiger partial charge in [-0.2, -0.15) is 0 Å². The lowest BCUT2D eigenvalue weighted by Crippen LogP contribution is -2.18. The van der Waals surface area contributed by atoms with Crippen molar-refractivity contribution < 1.29 is 0 Å². The Morgan fingerprint density at radius 3 is 2.65 bits per heavy atom. The molecule has 0 aliphatic rings. The zero-order valence-corrected chi connectivity index (χ0v) is 12.8. The van der Waals surface area contributed by atoms with E-state index >= 15 is 0 Å². The molecule has 106 valence electrons. The zero-order valence-electron chi connectivity index (χ0n) is 12.1. The van der Waals surface area contributed by atoms with Crippen molar-refractivity contribution in [2.24, 2.45) is 4.99 Å². The number of halogens is 1. The third kappa shape index (κ3) is 3.20. The lowest BCUT2D eigenvalue weighted by Gasteiger charge is -2.10. The van der Waals surface area contributed by atoms with Crippen LogP contribution in [0.5, 0.6) is 0 Å². The van der Waals surface area contributed by atoms with Gasteiger partial charge in [-0.05, 0) is 45.9 Å². The van der Waals surface area contributed by atoms with E-state index in [1.165, 1.54) is 4.68 Å². The maximum Gasteiger partial charge on any atom is 0.280 e. The smallest absolute Gasteiger partial charge is 0.280 e. The molecule has 1 heterocycles. The molecule has 4 nitrogen and oxygen atoms in total. The van der Waals surface area contributed by atoms with Crippen LogP contribution in [0.2, 0.25) is 5.02 Å². The Bertz CT molecular complexity index is 705. The van der Waals surface area contributed by atoms with Gasteiger partial charge in [0.1, 0.15) is 0 Å². The first-order valence-corrected chi connectivity index (χ1v) is 6.78. The highest BCUT2D eigenvalue weighted by Gasteiger charge is 2.12. The normalized spacial score (nSPS) is 12.2. The molecule has 0 atom stereocenters. The molecule has 0 saturated carbocycles. The molecule has 20 heavy (non-hydrogen) atoms. The van der Waals surface area contributed by atoms with Crippen LogP contribution in [0.25, 0.3) is 5.69 Å². The Morgan fingerprint density at radius 1 is 1.35 bits per heavy atom. The molecule has 0 fully saturated rings. The molecule has 1 N–H and O–H groups in total. The van der Waals surface area contributed by atoms with E-state index in [1.54, 1.807) is 18.3 Å². The molecule has 0 bridgehead atoms. The fourth-order valence-corrected chi connectivity index (χ4v) is 1.95. The van der Waals surface area contributed by atoms with Gasteiger partial charge < -0.3 is 0 Å². The second-order valence-corrected chi connectivity index (χ2v) is 6.14. The molecule has 0 aliphatic carbocycles. The summed E-state index contributed by atoms with van der Waals surface area (Å²) < 4.78 is 1.48. The number of hydrogen-bond donors (Lipinski definition) is 1. The molecule has 0 saturated heterocycles. The van der Waals surface area contributed by atoms with Gasteiger partial charge in [0.15, 0.2) is 0 Å². The number of rotatable bonds is 2. The number of H-pyrrole nitrogens is 1.